The van der Waals surface area contributed by atoms with Crippen LogP contribution >= 0.6 is 0 Å². The number of likely N-dealkylation sites (N-methyl/N-ethyl adjacent to an activating group) is 2. The van der Waals surface area contributed by atoms with Crippen LogP contribution in [0.25, 0.3) is 0 Å². The molecule has 0 aliphatic heterocycles. The fourth-order valence-electron chi connectivity index (χ4n) is 2.46. The van der Waals surface area contributed by atoms with E-state index in [9.17, 15) is 9.59 Å². The number of hydrogen-bond acceptors (Lipinski definition) is 3. The lowest BCUT2D eigenvalue weighted by atomic mass is 9.80. The molecule has 0 aromatic carbocycles. The Morgan fingerprint density at radius 1 is 1.22 bits per heavy atom. The maximum absolute atomic E-state index is 11.9. The average molecular weight is 255 g/mol. The Kier molecular flexibility index (Phi) is 6.12. The molecule has 5 nitrogen and oxygen atoms in total. The number of carbonyl (C=O) groups excluding carboxylic acids is 2. The van der Waals surface area contributed by atoms with Gasteiger partial charge in [0.1, 0.15) is 0 Å². The molecule has 1 aliphatic carbocycles. The Labute approximate surface area is 109 Å². The highest BCUT2D eigenvalue weighted by atomic mass is 16.2. The van der Waals surface area contributed by atoms with Crippen molar-refractivity contribution in [3.63, 3.8) is 0 Å². The van der Waals surface area contributed by atoms with Crippen LogP contribution in [-0.2, 0) is 9.59 Å². The van der Waals surface area contributed by atoms with Crippen LogP contribution in [0, 0.1) is 11.8 Å². The number of nitrogens with zero attached hydrogens (tertiary/aromatic N) is 1. The first-order valence-electron chi connectivity index (χ1n) is 6.71. The minimum absolute atomic E-state index is 0.0646. The molecule has 0 unspecified atom stereocenters. The molecule has 0 aromatic rings. The average Bonchev–Trinajstić information content (AvgIpc) is 2.39. The Morgan fingerprint density at radius 3 is 2.28 bits per heavy atom. The molecule has 1 saturated carbocycles. The van der Waals surface area contributed by atoms with Gasteiger partial charge in [-0.1, -0.05) is 0 Å². The number of rotatable bonds is 5. The molecule has 1 aliphatic rings. The molecular weight excluding hydrogens is 230 g/mol. The molecule has 0 aromatic heterocycles. The summed E-state index contributed by atoms with van der Waals surface area (Å²) in [6.07, 6.45) is 4.99. The number of nitrogens with one attached hydrogen (secondary N) is 1. The Morgan fingerprint density at radius 2 is 1.78 bits per heavy atom. The van der Waals surface area contributed by atoms with Gasteiger partial charge < -0.3 is 16.0 Å². The van der Waals surface area contributed by atoms with Crippen LogP contribution in [0.15, 0.2) is 0 Å². The Bertz CT molecular complexity index is 286. The van der Waals surface area contributed by atoms with Crippen molar-refractivity contribution in [2.45, 2.75) is 32.1 Å². The molecule has 3 N–H and O–H groups in total. The quantitative estimate of drug-likeness (QED) is 0.744. The van der Waals surface area contributed by atoms with Crippen molar-refractivity contribution < 1.29 is 9.59 Å². The summed E-state index contributed by atoms with van der Waals surface area (Å²) >= 11 is 0. The summed E-state index contributed by atoms with van der Waals surface area (Å²) in [5, 5.41) is 2.52. The maximum Gasteiger partial charge on any atom is 0.239 e. The van der Waals surface area contributed by atoms with E-state index in [0.29, 0.717) is 18.3 Å². The summed E-state index contributed by atoms with van der Waals surface area (Å²) in [6, 6.07) is 0. The molecule has 18 heavy (non-hydrogen) atoms. The van der Waals surface area contributed by atoms with Gasteiger partial charge in [0.25, 0.3) is 0 Å². The first kappa shape index (κ1) is 15.0. The zero-order chi connectivity index (χ0) is 13.5. The second kappa shape index (κ2) is 7.36. The van der Waals surface area contributed by atoms with E-state index in [4.69, 9.17) is 5.73 Å². The lowest BCUT2D eigenvalue weighted by Gasteiger charge is -2.28. The highest BCUT2D eigenvalue weighted by Gasteiger charge is 2.23. The zero-order valence-corrected chi connectivity index (χ0v) is 11.4. The molecule has 0 atom stereocenters. The van der Waals surface area contributed by atoms with Crippen LogP contribution in [0.4, 0.5) is 0 Å². The molecule has 0 radical (unpaired) electrons. The van der Waals surface area contributed by atoms with Gasteiger partial charge in [-0.15, -0.1) is 0 Å². The standard InChI is InChI=1S/C13H25N3O2/c1-15-12(17)9-16(2)13(18)7-10-3-5-11(8-14)6-4-10/h10-11H,3-9,14H2,1-2H3,(H,15,17). The predicted molar refractivity (Wildman–Crippen MR) is 70.8 cm³/mol. The van der Waals surface area contributed by atoms with Crippen molar-refractivity contribution in [3.8, 4) is 0 Å². The fraction of sp³-hybridized carbons (Fsp3) is 0.846. The second-order valence-corrected chi connectivity index (χ2v) is 5.25. The lowest BCUT2D eigenvalue weighted by Crippen LogP contribution is -2.38. The third-order valence-electron chi connectivity index (χ3n) is 3.85. The highest BCUT2D eigenvalue weighted by Crippen LogP contribution is 2.30. The van der Waals surface area contributed by atoms with Gasteiger partial charge in [0, 0.05) is 20.5 Å². The van der Waals surface area contributed by atoms with Crippen molar-refractivity contribution in [2.75, 3.05) is 27.2 Å². The zero-order valence-electron chi connectivity index (χ0n) is 11.4. The minimum Gasteiger partial charge on any atom is -0.358 e. The Balaban J connectivity index is 2.30. The van der Waals surface area contributed by atoms with E-state index >= 15 is 0 Å². The molecule has 104 valence electrons. The molecule has 0 saturated heterocycles. The monoisotopic (exact) mass is 255 g/mol. The van der Waals surface area contributed by atoms with Crippen LogP contribution in [0.2, 0.25) is 0 Å². The number of amides is 2. The van der Waals surface area contributed by atoms with E-state index in [-0.39, 0.29) is 18.4 Å². The molecule has 0 bridgehead atoms. The topological polar surface area (TPSA) is 75.4 Å². The van der Waals surface area contributed by atoms with Crippen molar-refractivity contribution in [2.24, 2.45) is 17.6 Å². The second-order valence-electron chi connectivity index (χ2n) is 5.25. The van der Waals surface area contributed by atoms with Crippen molar-refractivity contribution in [3.05, 3.63) is 0 Å². The van der Waals surface area contributed by atoms with Crippen LogP contribution in [-0.4, -0.2) is 43.9 Å². The van der Waals surface area contributed by atoms with Gasteiger partial charge in [0.15, 0.2) is 0 Å². The van der Waals surface area contributed by atoms with E-state index in [1.807, 2.05) is 0 Å². The smallest absolute Gasteiger partial charge is 0.239 e. The molecule has 1 fully saturated rings. The fourth-order valence-corrected chi connectivity index (χ4v) is 2.46. The van der Waals surface area contributed by atoms with E-state index in [0.717, 1.165) is 32.2 Å². The predicted octanol–water partition coefficient (Wildman–Crippen LogP) is 0.346. The minimum atomic E-state index is -0.127. The van der Waals surface area contributed by atoms with Crippen LogP contribution in [0.1, 0.15) is 32.1 Å². The molecule has 0 heterocycles. The summed E-state index contributed by atoms with van der Waals surface area (Å²) in [5.74, 6) is 1.04. The highest BCUT2D eigenvalue weighted by molar-refractivity contribution is 5.84. The first-order chi connectivity index (χ1) is 8.56. The van der Waals surface area contributed by atoms with Gasteiger partial charge >= 0.3 is 0 Å². The van der Waals surface area contributed by atoms with Crippen LogP contribution in [0.5, 0.6) is 0 Å². The normalized spacial score (nSPS) is 23.5. The van der Waals surface area contributed by atoms with Gasteiger partial charge in [0.05, 0.1) is 6.54 Å². The van der Waals surface area contributed by atoms with Crippen LogP contribution in [0.3, 0.4) is 0 Å². The van der Waals surface area contributed by atoms with E-state index in [1.165, 1.54) is 4.90 Å². The summed E-state index contributed by atoms with van der Waals surface area (Å²) < 4.78 is 0. The number of carbonyl (C=O) groups is 2. The third-order valence-corrected chi connectivity index (χ3v) is 3.85. The van der Waals surface area contributed by atoms with E-state index in [1.54, 1.807) is 14.1 Å². The van der Waals surface area contributed by atoms with Gasteiger partial charge in [-0.2, -0.15) is 0 Å². The van der Waals surface area contributed by atoms with Crippen LogP contribution < -0.4 is 11.1 Å². The molecule has 1 rings (SSSR count). The first-order valence-corrected chi connectivity index (χ1v) is 6.71. The summed E-state index contributed by atoms with van der Waals surface area (Å²) in [7, 11) is 3.26. The molecule has 0 spiro atoms. The number of hydrogen-bond donors (Lipinski definition) is 2. The third kappa shape index (κ3) is 4.64. The van der Waals surface area contributed by atoms with E-state index in [2.05, 4.69) is 5.32 Å². The SMILES string of the molecule is CNC(=O)CN(C)C(=O)CC1CCC(CN)CC1. The summed E-state index contributed by atoms with van der Waals surface area (Å²) in [5.41, 5.74) is 5.65. The molecular formula is C13H25N3O2. The van der Waals surface area contributed by atoms with Gasteiger partial charge in [-0.25, -0.2) is 0 Å². The van der Waals surface area contributed by atoms with Gasteiger partial charge in [0.2, 0.25) is 11.8 Å². The largest absolute Gasteiger partial charge is 0.358 e. The molecule has 2 amide bonds. The van der Waals surface area contributed by atoms with Crippen molar-refractivity contribution in [1.29, 1.82) is 0 Å². The Hall–Kier alpha value is -1.10. The van der Waals surface area contributed by atoms with Gasteiger partial charge in [-0.3, -0.25) is 9.59 Å². The number of nitrogens with two attached hydrogens (primary N) is 1. The van der Waals surface area contributed by atoms with Crippen molar-refractivity contribution >= 4 is 11.8 Å². The maximum atomic E-state index is 11.9. The van der Waals surface area contributed by atoms with Crippen molar-refractivity contribution in [1.82, 2.24) is 10.2 Å². The summed E-state index contributed by atoms with van der Waals surface area (Å²) in [6.45, 7) is 0.907. The molecule has 5 heteroatoms. The van der Waals surface area contributed by atoms with E-state index < -0.39 is 0 Å². The summed E-state index contributed by atoms with van der Waals surface area (Å²) in [4.78, 5) is 24.6. The lowest BCUT2D eigenvalue weighted by molar-refractivity contribution is -0.135. The van der Waals surface area contributed by atoms with Gasteiger partial charge in [-0.05, 0) is 44.1 Å².